The van der Waals surface area contributed by atoms with E-state index in [1.807, 2.05) is 0 Å². The molecule has 6 nitrogen and oxygen atoms in total. The summed E-state index contributed by atoms with van der Waals surface area (Å²) in [6.45, 7) is 0. The number of carboxylic acid groups (broad SMARTS) is 2. The Hall–Kier alpha value is -2.27. The first-order chi connectivity index (χ1) is 8.61. The topological polar surface area (TPSA) is 100 Å². The van der Waals surface area contributed by atoms with Gasteiger partial charge in [-0.15, -0.1) is 0 Å². The van der Waals surface area contributed by atoms with Crippen molar-refractivity contribution in [1.82, 2.24) is 9.97 Å². The van der Waals surface area contributed by atoms with Crippen molar-refractivity contribution in [3.63, 3.8) is 0 Å². The maximum atomic E-state index is 10.1. The van der Waals surface area contributed by atoms with Crippen LogP contribution in [-0.2, 0) is 16.5 Å². The van der Waals surface area contributed by atoms with Gasteiger partial charge in [0.05, 0.1) is 0 Å². The average molecular weight is 305 g/mol. The molecule has 0 radical (unpaired) electrons. The standard InChI is InChI=1S/2C6H5NO2.Ni/c2*8-6(9)5-3-1-2-4-7-5;/h2*1-4H,(H,8,9);. The van der Waals surface area contributed by atoms with Crippen LogP contribution in [0.1, 0.15) is 21.0 Å². The van der Waals surface area contributed by atoms with Gasteiger partial charge in [-0.25, -0.2) is 19.6 Å². The van der Waals surface area contributed by atoms with E-state index < -0.39 is 11.9 Å². The van der Waals surface area contributed by atoms with Gasteiger partial charge >= 0.3 is 11.9 Å². The van der Waals surface area contributed by atoms with E-state index in [-0.39, 0.29) is 27.9 Å². The quantitative estimate of drug-likeness (QED) is 0.817. The van der Waals surface area contributed by atoms with E-state index in [1.165, 1.54) is 24.5 Å². The van der Waals surface area contributed by atoms with Crippen molar-refractivity contribution in [3.05, 3.63) is 60.2 Å². The molecule has 2 rings (SSSR count). The van der Waals surface area contributed by atoms with E-state index >= 15 is 0 Å². The van der Waals surface area contributed by atoms with Crippen LogP contribution < -0.4 is 0 Å². The summed E-state index contributed by atoms with van der Waals surface area (Å²) >= 11 is 0. The minimum Gasteiger partial charge on any atom is -0.477 e. The predicted octanol–water partition coefficient (Wildman–Crippen LogP) is 1.56. The normalized spacial score (nSPS) is 8.42. The average Bonchev–Trinajstić information content (AvgIpc) is 2.41. The molecule has 0 saturated heterocycles. The Bertz CT molecular complexity index is 470. The first kappa shape index (κ1) is 16.7. The number of rotatable bonds is 2. The second-order valence-electron chi connectivity index (χ2n) is 3.04. The molecule has 0 aliphatic carbocycles. The molecule has 0 bridgehead atoms. The van der Waals surface area contributed by atoms with E-state index in [0.29, 0.717) is 0 Å². The molecule has 19 heavy (non-hydrogen) atoms. The number of carboxylic acids is 2. The van der Waals surface area contributed by atoms with Crippen molar-refractivity contribution >= 4 is 11.9 Å². The molecule has 0 atom stereocenters. The van der Waals surface area contributed by atoms with Crippen molar-refractivity contribution in [2.45, 2.75) is 0 Å². The molecule has 2 heterocycles. The van der Waals surface area contributed by atoms with Crippen LogP contribution in [0.15, 0.2) is 48.8 Å². The summed E-state index contributed by atoms with van der Waals surface area (Å²) in [5.41, 5.74) is 0.162. The fourth-order valence-corrected chi connectivity index (χ4v) is 0.979. The minimum atomic E-state index is -0.990. The largest absolute Gasteiger partial charge is 0.477 e. The van der Waals surface area contributed by atoms with Gasteiger partial charge in [0.1, 0.15) is 11.4 Å². The fraction of sp³-hybridized carbons (Fsp3) is 0. The molecule has 7 heteroatoms. The Morgan fingerprint density at radius 1 is 0.789 bits per heavy atom. The van der Waals surface area contributed by atoms with E-state index in [2.05, 4.69) is 9.97 Å². The Morgan fingerprint density at radius 2 is 1.16 bits per heavy atom. The van der Waals surface area contributed by atoms with Crippen molar-refractivity contribution in [1.29, 1.82) is 0 Å². The second kappa shape index (κ2) is 8.77. The Labute approximate surface area is 119 Å². The number of aromatic carboxylic acids is 2. The number of nitrogens with zero attached hydrogens (tertiary/aromatic N) is 2. The van der Waals surface area contributed by atoms with Gasteiger partial charge in [-0.3, -0.25) is 0 Å². The van der Waals surface area contributed by atoms with E-state index in [9.17, 15) is 9.59 Å². The van der Waals surface area contributed by atoms with E-state index in [1.54, 1.807) is 24.3 Å². The molecule has 0 aliphatic rings. The van der Waals surface area contributed by atoms with Crippen molar-refractivity contribution in [2.24, 2.45) is 0 Å². The molecule has 2 aromatic rings. The van der Waals surface area contributed by atoms with Gasteiger partial charge in [0, 0.05) is 28.9 Å². The summed E-state index contributed by atoms with van der Waals surface area (Å²) in [5.74, 6) is -1.98. The second-order valence-corrected chi connectivity index (χ2v) is 3.04. The minimum absolute atomic E-state index is 0. The Morgan fingerprint density at radius 3 is 1.32 bits per heavy atom. The molecule has 0 aromatic carbocycles. The summed E-state index contributed by atoms with van der Waals surface area (Å²) in [6.07, 6.45) is 2.90. The molecule has 0 unspecified atom stereocenters. The summed E-state index contributed by atoms with van der Waals surface area (Å²) in [4.78, 5) is 27.4. The molecule has 2 N–H and O–H groups in total. The number of pyridine rings is 2. The molecule has 2 aromatic heterocycles. The Kier molecular flexibility index (Phi) is 7.72. The monoisotopic (exact) mass is 304 g/mol. The zero-order valence-corrected chi connectivity index (χ0v) is 10.5. The van der Waals surface area contributed by atoms with E-state index in [0.717, 1.165) is 0 Å². The third-order valence-corrected chi connectivity index (χ3v) is 1.77. The van der Waals surface area contributed by atoms with Gasteiger partial charge in [-0.05, 0) is 24.3 Å². The predicted molar refractivity (Wildman–Crippen MR) is 62.4 cm³/mol. The molecule has 0 spiro atoms. The van der Waals surface area contributed by atoms with Crippen LogP contribution >= 0.6 is 0 Å². The Balaban J connectivity index is 0.000000324. The van der Waals surface area contributed by atoms with Crippen LogP contribution in [0.5, 0.6) is 0 Å². The SMILES string of the molecule is O=C(O)c1ccccn1.O=C(O)c1ccccn1.[Ni]. The molecular weight excluding hydrogens is 295 g/mol. The number of hydrogen-bond acceptors (Lipinski definition) is 4. The maximum Gasteiger partial charge on any atom is 0.354 e. The first-order valence-electron chi connectivity index (χ1n) is 4.90. The smallest absolute Gasteiger partial charge is 0.354 e. The van der Waals surface area contributed by atoms with Gasteiger partial charge in [0.15, 0.2) is 0 Å². The zero-order chi connectivity index (χ0) is 13.4. The third kappa shape index (κ3) is 6.28. The first-order valence-corrected chi connectivity index (χ1v) is 4.90. The summed E-state index contributed by atoms with van der Waals surface area (Å²) in [5, 5.41) is 16.6. The van der Waals surface area contributed by atoms with Crippen molar-refractivity contribution in [2.75, 3.05) is 0 Å². The van der Waals surface area contributed by atoms with Crippen LogP contribution in [0.25, 0.3) is 0 Å². The molecule has 0 amide bonds. The third-order valence-electron chi connectivity index (χ3n) is 1.77. The van der Waals surface area contributed by atoms with Gasteiger partial charge in [-0.2, -0.15) is 0 Å². The van der Waals surface area contributed by atoms with Gasteiger partial charge in [0.2, 0.25) is 0 Å². The van der Waals surface area contributed by atoms with Crippen LogP contribution in [0, 0.1) is 0 Å². The van der Waals surface area contributed by atoms with Crippen LogP contribution in [0.3, 0.4) is 0 Å². The number of aromatic nitrogens is 2. The zero-order valence-electron chi connectivity index (χ0n) is 9.54. The van der Waals surface area contributed by atoms with Gasteiger partial charge in [-0.1, -0.05) is 12.1 Å². The van der Waals surface area contributed by atoms with Crippen molar-refractivity contribution < 1.29 is 36.3 Å². The fourth-order valence-electron chi connectivity index (χ4n) is 0.979. The van der Waals surface area contributed by atoms with Gasteiger partial charge in [0.25, 0.3) is 0 Å². The molecule has 102 valence electrons. The summed E-state index contributed by atoms with van der Waals surface area (Å²) in [7, 11) is 0. The molecule has 0 aliphatic heterocycles. The van der Waals surface area contributed by atoms with Crippen LogP contribution in [-0.4, -0.2) is 32.1 Å². The summed E-state index contributed by atoms with van der Waals surface area (Å²) < 4.78 is 0. The van der Waals surface area contributed by atoms with Gasteiger partial charge < -0.3 is 10.2 Å². The van der Waals surface area contributed by atoms with E-state index in [4.69, 9.17) is 10.2 Å². The molecular formula is C12H10N2NiO4. The molecule has 0 fully saturated rings. The summed E-state index contributed by atoms with van der Waals surface area (Å²) in [6, 6.07) is 9.51. The number of hydrogen-bond donors (Lipinski definition) is 2. The van der Waals surface area contributed by atoms with Crippen LogP contribution in [0.2, 0.25) is 0 Å². The molecule has 0 saturated carbocycles. The van der Waals surface area contributed by atoms with Crippen molar-refractivity contribution in [3.8, 4) is 0 Å². The van der Waals surface area contributed by atoms with Crippen LogP contribution in [0.4, 0.5) is 0 Å². The maximum absolute atomic E-state index is 10.1. The number of carbonyl (C=O) groups is 2.